The topological polar surface area (TPSA) is 73.7 Å². The molecule has 20 heavy (non-hydrogen) atoms. The molecule has 1 heterocycles. The molecule has 0 aromatic carbocycles. The van der Waals surface area contributed by atoms with Crippen molar-refractivity contribution in [3.63, 3.8) is 0 Å². The van der Waals surface area contributed by atoms with Crippen LogP contribution < -0.4 is 0 Å². The van der Waals surface area contributed by atoms with Crippen LogP contribution in [-0.2, 0) is 15.9 Å². The molecule has 6 nitrogen and oxygen atoms in total. The highest BCUT2D eigenvalue weighted by molar-refractivity contribution is 7.62. The van der Waals surface area contributed by atoms with Gasteiger partial charge in [0.1, 0.15) is 0 Å². The van der Waals surface area contributed by atoms with E-state index < -0.39 is 13.0 Å². The van der Waals surface area contributed by atoms with Gasteiger partial charge in [-0.2, -0.15) is 0 Å². The van der Waals surface area contributed by atoms with Crippen LogP contribution in [0, 0.1) is 0 Å². The zero-order valence-electron chi connectivity index (χ0n) is 12.2. The van der Waals surface area contributed by atoms with Crippen LogP contribution in [0.25, 0.3) is 0 Å². The van der Waals surface area contributed by atoms with Gasteiger partial charge >= 0.3 is 0 Å². The number of rotatable bonds is 7. The summed E-state index contributed by atoms with van der Waals surface area (Å²) in [5, 5.41) is 10.1. The summed E-state index contributed by atoms with van der Waals surface area (Å²) in [7, 11) is -2.31. The third kappa shape index (κ3) is 6.28. The Labute approximate surface area is 119 Å². The van der Waals surface area contributed by atoms with Crippen molar-refractivity contribution in [2.75, 3.05) is 32.7 Å². The Balaban J connectivity index is 2.75. The molecule has 1 amide bonds. The lowest BCUT2D eigenvalue weighted by Gasteiger charge is -2.25. The first kappa shape index (κ1) is 16.8. The van der Waals surface area contributed by atoms with E-state index in [-0.39, 0.29) is 13.1 Å². The van der Waals surface area contributed by atoms with E-state index in [1.54, 1.807) is 31.4 Å². The van der Waals surface area contributed by atoms with Gasteiger partial charge in [-0.15, -0.1) is 0 Å². The molecule has 1 rings (SSSR count). The van der Waals surface area contributed by atoms with Crippen LogP contribution in [0.1, 0.15) is 12.6 Å². The molecular formula is C13H22N3O3P. The lowest BCUT2D eigenvalue weighted by Crippen LogP contribution is -2.38. The number of hydrogen-bond acceptors (Lipinski definition) is 5. The fourth-order valence-corrected chi connectivity index (χ4v) is 2.97. The van der Waals surface area contributed by atoms with Crippen molar-refractivity contribution in [1.29, 1.82) is 0 Å². The van der Waals surface area contributed by atoms with Gasteiger partial charge in [-0.1, -0.05) is 6.07 Å². The van der Waals surface area contributed by atoms with Crippen molar-refractivity contribution < 1.29 is 14.6 Å². The van der Waals surface area contributed by atoms with E-state index in [1.165, 1.54) is 0 Å². The van der Waals surface area contributed by atoms with Crippen LogP contribution in [0.3, 0.4) is 0 Å². The second-order valence-corrected chi connectivity index (χ2v) is 8.56. The fraction of sp³-hybridized carbons (Fsp3) is 0.538. The lowest BCUT2D eigenvalue weighted by atomic mass is 10.3. The number of carbonyl (C=O) groups is 1. The Morgan fingerprint density at radius 1 is 1.40 bits per heavy atom. The van der Waals surface area contributed by atoms with E-state index in [0.717, 1.165) is 5.69 Å². The fourth-order valence-electron chi connectivity index (χ4n) is 1.81. The highest BCUT2D eigenvalue weighted by atomic mass is 31.2. The number of carbonyl (C=O) groups excluding carboxylic acids is 1. The largest absolute Gasteiger partial charge is 0.323 e. The van der Waals surface area contributed by atoms with Crippen molar-refractivity contribution in [2.45, 2.75) is 13.5 Å². The van der Waals surface area contributed by atoms with Gasteiger partial charge in [-0.25, -0.2) is 5.06 Å². The molecule has 0 bridgehead atoms. The predicted octanol–water partition coefficient (Wildman–Crippen LogP) is 1.70. The number of nitrogens with zero attached hydrogens (tertiary/aromatic N) is 3. The number of amides is 1. The minimum Gasteiger partial charge on any atom is -0.323 e. The molecule has 112 valence electrons. The van der Waals surface area contributed by atoms with Crippen LogP contribution in [0.2, 0.25) is 0 Å². The molecule has 0 radical (unpaired) electrons. The number of hydroxylamine groups is 2. The summed E-state index contributed by atoms with van der Waals surface area (Å²) < 4.78 is 12.0. The first-order valence-electron chi connectivity index (χ1n) is 6.47. The van der Waals surface area contributed by atoms with Crippen LogP contribution in [0.5, 0.6) is 0 Å². The summed E-state index contributed by atoms with van der Waals surface area (Å²) in [5.41, 5.74) is 0.801. The Hall–Kier alpha value is -1.23. The highest BCUT2D eigenvalue weighted by Crippen LogP contribution is 2.36. The van der Waals surface area contributed by atoms with Gasteiger partial charge in [0.2, 0.25) is 0 Å². The van der Waals surface area contributed by atoms with Crippen LogP contribution in [-0.4, -0.2) is 58.8 Å². The molecule has 0 saturated heterocycles. The second-order valence-electron chi connectivity index (χ2n) is 5.13. The number of hydrogen-bond donors (Lipinski definition) is 1. The highest BCUT2D eigenvalue weighted by Gasteiger charge is 2.20. The summed E-state index contributed by atoms with van der Waals surface area (Å²) in [6.45, 7) is 5.72. The number of pyridine rings is 1. The lowest BCUT2D eigenvalue weighted by molar-refractivity contribution is -0.165. The molecule has 1 N–H and O–H groups in total. The smallest absolute Gasteiger partial charge is 0.260 e. The van der Waals surface area contributed by atoms with Crippen molar-refractivity contribution >= 4 is 13.0 Å². The average Bonchev–Trinajstić information content (AvgIpc) is 2.36. The Kier molecular flexibility index (Phi) is 6.33. The second kappa shape index (κ2) is 7.53. The average molecular weight is 299 g/mol. The molecule has 0 unspecified atom stereocenters. The Bertz CT molecular complexity index is 475. The van der Waals surface area contributed by atoms with Gasteiger partial charge < -0.3 is 4.57 Å². The van der Waals surface area contributed by atoms with Gasteiger partial charge in [-0.05, 0) is 32.4 Å². The van der Waals surface area contributed by atoms with E-state index in [1.807, 2.05) is 18.2 Å². The summed E-state index contributed by atoms with van der Waals surface area (Å²) in [5.74, 6) is -0.406. The van der Waals surface area contributed by atoms with Crippen molar-refractivity contribution in [3.05, 3.63) is 30.1 Å². The molecule has 0 fully saturated rings. The molecule has 0 spiro atoms. The minimum atomic E-state index is -2.31. The van der Waals surface area contributed by atoms with Crippen molar-refractivity contribution in [3.8, 4) is 0 Å². The molecule has 7 heteroatoms. The molecular weight excluding hydrogens is 277 g/mol. The maximum atomic E-state index is 12.0. The van der Waals surface area contributed by atoms with E-state index >= 15 is 0 Å². The molecule has 0 saturated carbocycles. The van der Waals surface area contributed by atoms with Crippen LogP contribution in [0.15, 0.2) is 24.4 Å². The van der Waals surface area contributed by atoms with Crippen molar-refractivity contribution in [1.82, 2.24) is 14.9 Å². The zero-order valence-corrected chi connectivity index (χ0v) is 13.1. The Morgan fingerprint density at radius 3 is 2.60 bits per heavy atom. The first-order chi connectivity index (χ1) is 9.31. The molecule has 0 aliphatic heterocycles. The quantitative estimate of drug-likeness (QED) is 0.471. The summed E-state index contributed by atoms with van der Waals surface area (Å²) in [4.78, 5) is 17.7. The van der Waals surface area contributed by atoms with E-state index in [4.69, 9.17) is 0 Å². The van der Waals surface area contributed by atoms with E-state index in [0.29, 0.717) is 17.9 Å². The van der Waals surface area contributed by atoms with Gasteiger partial charge in [0.25, 0.3) is 5.91 Å². The van der Waals surface area contributed by atoms with Gasteiger partial charge in [-0.3, -0.25) is 19.9 Å². The third-order valence-corrected chi connectivity index (χ3v) is 3.68. The monoisotopic (exact) mass is 299 g/mol. The Morgan fingerprint density at radius 2 is 2.10 bits per heavy atom. The molecule has 1 aromatic rings. The molecule has 1 aromatic heterocycles. The first-order valence-corrected chi connectivity index (χ1v) is 9.26. The summed E-state index contributed by atoms with van der Waals surface area (Å²) in [6, 6.07) is 5.53. The SMILES string of the molecule is CCN(O)C(=O)CN(Cc1ccccn1)CP(C)(C)=O. The number of aromatic nitrogens is 1. The van der Waals surface area contributed by atoms with E-state index in [9.17, 15) is 14.6 Å². The van der Waals surface area contributed by atoms with Gasteiger partial charge in [0.15, 0.2) is 0 Å². The summed E-state index contributed by atoms with van der Waals surface area (Å²) in [6.07, 6.45) is 1.99. The molecule has 0 aliphatic rings. The minimum absolute atomic E-state index is 0.0204. The summed E-state index contributed by atoms with van der Waals surface area (Å²) >= 11 is 0. The van der Waals surface area contributed by atoms with Gasteiger partial charge in [0, 0.05) is 19.3 Å². The normalized spacial score (nSPS) is 11.7. The van der Waals surface area contributed by atoms with Crippen LogP contribution in [0.4, 0.5) is 0 Å². The molecule has 0 aliphatic carbocycles. The zero-order chi connectivity index (χ0) is 15.2. The molecule has 0 atom stereocenters. The maximum absolute atomic E-state index is 12.0. The number of likely N-dealkylation sites (N-methyl/N-ethyl adjacent to an activating group) is 1. The van der Waals surface area contributed by atoms with E-state index in [2.05, 4.69) is 4.98 Å². The third-order valence-electron chi connectivity index (χ3n) is 2.60. The van der Waals surface area contributed by atoms with Gasteiger partial charge in [0.05, 0.1) is 25.7 Å². The van der Waals surface area contributed by atoms with Crippen LogP contribution >= 0.6 is 7.14 Å². The van der Waals surface area contributed by atoms with Crippen molar-refractivity contribution in [2.24, 2.45) is 0 Å². The predicted molar refractivity (Wildman–Crippen MR) is 78.1 cm³/mol. The maximum Gasteiger partial charge on any atom is 0.260 e. The standard InChI is InChI=1S/C13H22N3O3P/c1-4-16(18)13(17)10-15(11-20(2,3)19)9-12-7-5-6-8-14-12/h5-8,18H,4,9-11H2,1-3H3.